The summed E-state index contributed by atoms with van der Waals surface area (Å²) in [5, 5.41) is 0.610. The van der Waals surface area contributed by atoms with Crippen molar-refractivity contribution < 1.29 is 9.21 Å². The average molecular weight is 235 g/mol. The molecule has 0 bridgehead atoms. The van der Waals surface area contributed by atoms with E-state index in [0.29, 0.717) is 10.8 Å². The third-order valence-electron chi connectivity index (χ3n) is 2.32. The maximum absolute atomic E-state index is 11.8. The highest BCUT2D eigenvalue weighted by molar-refractivity contribution is 6.31. The first kappa shape index (κ1) is 11.0. The van der Waals surface area contributed by atoms with E-state index in [9.17, 15) is 4.79 Å². The summed E-state index contributed by atoms with van der Waals surface area (Å²) in [6.45, 7) is 1.81. The molecule has 2 aromatic rings. The Kier molecular flexibility index (Phi) is 3.11. The highest BCUT2D eigenvalue weighted by Crippen LogP contribution is 2.18. The van der Waals surface area contributed by atoms with Gasteiger partial charge < -0.3 is 4.42 Å². The van der Waals surface area contributed by atoms with Gasteiger partial charge in [0, 0.05) is 11.4 Å². The van der Waals surface area contributed by atoms with Crippen LogP contribution in [0.25, 0.3) is 0 Å². The summed E-state index contributed by atoms with van der Waals surface area (Å²) in [5.74, 6) is 1.07. The van der Waals surface area contributed by atoms with Crippen LogP contribution in [0.4, 0.5) is 0 Å². The first-order chi connectivity index (χ1) is 7.66. The molecule has 1 aromatic carbocycles. The van der Waals surface area contributed by atoms with Crippen LogP contribution in [0.15, 0.2) is 40.8 Å². The number of benzene rings is 1. The van der Waals surface area contributed by atoms with Crippen molar-refractivity contribution in [1.82, 2.24) is 0 Å². The number of hydrogen-bond donors (Lipinski definition) is 0. The van der Waals surface area contributed by atoms with Crippen molar-refractivity contribution in [1.29, 1.82) is 0 Å². The van der Waals surface area contributed by atoms with E-state index in [0.717, 1.165) is 11.3 Å². The van der Waals surface area contributed by atoms with Gasteiger partial charge >= 0.3 is 0 Å². The standard InChI is InChI=1S/C13H11ClO2/c1-9-6-7-13(16-9)12(15)8-10-4-2-3-5-11(10)14/h2-7H,8H2,1H3. The molecule has 1 aromatic heterocycles. The number of carbonyl (C=O) groups is 1. The third-order valence-corrected chi connectivity index (χ3v) is 2.69. The van der Waals surface area contributed by atoms with Gasteiger partial charge in [0.25, 0.3) is 0 Å². The van der Waals surface area contributed by atoms with E-state index >= 15 is 0 Å². The van der Waals surface area contributed by atoms with Gasteiger partial charge in [0.2, 0.25) is 5.78 Å². The van der Waals surface area contributed by atoms with E-state index < -0.39 is 0 Å². The highest BCUT2D eigenvalue weighted by atomic mass is 35.5. The summed E-state index contributed by atoms with van der Waals surface area (Å²) in [6, 6.07) is 10.8. The number of ketones is 1. The monoisotopic (exact) mass is 234 g/mol. The van der Waals surface area contributed by atoms with Crippen molar-refractivity contribution in [3.8, 4) is 0 Å². The molecule has 0 N–H and O–H groups in total. The molecule has 2 rings (SSSR count). The second-order valence-electron chi connectivity index (χ2n) is 3.60. The zero-order chi connectivity index (χ0) is 11.5. The van der Waals surface area contributed by atoms with Crippen molar-refractivity contribution in [3.05, 3.63) is 58.5 Å². The van der Waals surface area contributed by atoms with Crippen LogP contribution < -0.4 is 0 Å². The Morgan fingerprint density at radius 3 is 2.62 bits per heavy atom. The number of carbonyl (C=O) groups excluding carboxylic acids is 1. The number of rotatable bonds is 3. The van der Waals surface area contributed by atoms with Gasteiger partial charge in [0.05, 0.1) is 0 Å². The molecule has 0 unspecified atom stereocenters. The lowest BCUT2D eigenvalue weighted by atomic mass is 10.1. The van der Waals surface area contributed by atoms with Crippen LogP contribution in [-0.4, -0.2) is 5.78 Å². The smallest absolute Gasteiger partial charge is 0.202 e. The van der Waals surface area contributed by atoms with Crippen LogP contribution >= 0.6 is 11.6 Å². The van der Waals surface area contributed by atoms with Crippen LogP contribution in [0.2, 0.25) is 5.02 Å². The molecule has 0 atom stereocenters. The first-order valence-electron chi connectivity index (χ1n) is 5.00. The quantitative estimate of drug-likeness (QED) is 0.759. The van der Waals surface area contributed by atoms with Gasteiger partial charge in [-0.1, -0.05) is 29.8 Å². The van der Waals surface area contributed by atoms with Gasteiger partial charge in [-0.25, -0.2) is 0 Å². The average Bonchev–Trinajstić information content (AvgIpc) is 2.68. The van der Waals surface area contributed by atoms with Crippen molar-refractivity contribution in [2.75, 3.05) is 0 Å². The number of aryl methyl sites for hydroxylation is 1. The predicted octanol–water partition coefficient (Wildman–Crippen LogP) is 3.67. The number of Topliss-reactive ketones (excluding diaryl/α,β-unsaturated/α-hetero) is 1. The fraction of sp³-hybridized carbons (Fsp3) is 0.154. The minimum atomic E-state index is -0.0544. The normalized spacial score (nSPS) is 10.4. The molecule has 0 aliphatic carbocycles. The first-order valence-corrected chi connectivity index (χ1v) is 5.37. The zero-order valence-electron chi connectivity index (χ0n) is 8.87. The maximum Gasteiger partial charge on any atom is 0.202 e. The van der Waals surface area contributed by atoms with E-state index in [2.05, 4.69) is 0 Å². The molecule has 16 heavy (non-hydrogen) atoms. The predicted molar refractivity (Wildman–Crippen MR) is 62.9 cm³/mol. The molecule has 82 valence electrons. The summed E-state index contributed by atoms with van der Waals surface area (Å²) in [6.07, 6.45) is 0.270. The molecule has 0 saturated heterocycles. The topological polar surface area (TPSA) is 30.2 Å². The van der Waals surface area contributed by atoms with Crippen molar-refractivity contribution in [2.45, 2.75) is 13.3 Å². The van der Waals surface area contributed by atoms with Gasteiger partial charge in [-0.15, -0.1) is 0 Å². The Labute approximate surface area is 98.8 Å². The van der Waals surface area contributed by atoms with Gasteiger partial charge in [-0.2, -0.15) is 0 Å². The molecule has 0 fully saturated rings. The van der Waals surface area contributed by atoms with Crippen LogP contribution in [0.3, 0.4) is 0 Å². The van der Waals surface area contributed by atoms with Gasteiger partial charge in [-0.3, -0.25) is 4.79 Å². The Bertz CT molecular complexity index is 514. The summed E-state index contributed by atoms with van der Waals surface area (Å²) in [7, 11) is 0. The minimum absolute atomic E-state index is 0.0544. The number of halogens is 1. The second kappa shape index (κ2) is 4.54. The van der Waals surface area contributed by atoms with E-state index in [1.54, 1.807) is 18.2 Å². The summed E-state index contributed by atoms with van der Waals surface area (Å²) >= 11 is 5.98. The molecule has 0 aliphatic heterocycles. The highest BCUT2D eigenvalue weighted by Gasteiger charge is 2.12. The van der Waals surface area contributed by atoms with Crippen molar-refractivity contribution >= 4 is 17.4 Å². The molecular weight excluding hydrogens is 224 g/mol. The third kappa shape index (κ3) is 2.34. The maximum atomic E-state index is 11.8. The summed E-state index contributed by atoms with van der Waals surface area (Å²) in [5.41, 5.74) is 0.822. The largest absolute Gasteiger partial charge is 0.458 e. The molecule has 2 nitrogen and oxygen atoms in total. The summed E-state index contributed by atoms with van der Waals surface area (Å²) in [4.78, 5) is 11.8. The van der Waals surface area contributed by atoms with Gasteiger partial charge in [-0.05, 0) is 30.7 Å². The van der Waals surface area contributed by atoms with E-state index in [1.807, 2.05) is 25.1 Å². The van der Waals surface area contributed by atoms with Crippen LogP contribution in [0.5, 0.6) is 0 Å². The zero-order valence-corrected chi connectivity index (χ0v) is 9.62. The lowest BCUT2D eigenvalue weighted by Crippen LogP contribution is -2.02. The SMILES string of the molecule is Cc1ccc(C(=O)Cc2ccccc2Cl)o1. The summed E-state index contributed by atoms with van der Waals surface area (Å²) < 4.78 is 5.26. The Morgan fingerprint density at radius 1 is 1.25 bits per heavy atom. The Morgan fingerprint density at radius 2 is 2.00 bits per heavy atom. The fourth-order valence-corrected chi connectivity index (χ4v) is 1.69. The Balaban J connectivity index is 2.17. The molecule has 0 amide bonds. The van der Waals surface area contributed by atoms with Crippen LogP contribution in [0.1, 0.15) is 21.9 Å². The minimum Gasteiger partial charge on any atom is -0.458 e. The lowest BCUT2D eigenvalue weighted by molar-refractivity contribution is 0.0965. The van der Waals surface area contributed by atoms with Gasteiger partial charge in [0.1, 0.15) is 5.76 Å². The number of hydrogen-bond acceptors (Lipinski definition) is 2. The molecule has 0 spiro atoms. The van der Waals surface area contributed by atoms with Crippen molar-refractivity contribution in [3.63, 3.8) is 0 Å². The van der Waals surface area contributed by atoms with E-state index in [4.69, 9.17) is 16.0 Å². The van der Waals surface area contributed by atoms with Crippen LogP contribution in [0, 0.1) is 6.92 Å². The molecule has 0 saturated carbocycles. The molecular formula is C13H11ClO2. The van der Waals surface area contributed by atoms with Crippen molar-refractivity contribution in [2.24, 2.45) is 0 Å². The number of furan rings is 1. The Hall–Kier alpha value is -1.54. The molecule has 1 heterocycles. The molecule has 3 heteroatoms. The molecule has 0 radical (unpaired) electrons. The molecule has 0 aliphatic rings. The van der Waals surface area contributed by atoms with Crippen LogP contribution in [-0.2, 0) is 6.42 Å². The van der Waals surface area contributed by atoms with Gasteiger partial charge in [0.15, 0.2) is 5.76 Å². The second-order valence-corrected chi connectivity index (χ2v) is 4.01. The lowest BCUT2D eigenvalue weighted by Gasteiger charge is -2.01. The van der Waals surface area contributed by atoms with E-state index in [1.165, 1.54) is 0 Å². The van der Waals surface area contributed by atoms with E-state index in [-0.39, 0.29) is 12.2 Å². The fourth-order valence-electron chi connectivity index (χ4n) is 1.49.